The van der Waals surface area contributed by atoms with Gasteiger partial charge >= 0.3 is 0 Å². The van der Waals surface area contributed by atoms with Crippen molar-refractivity contribution in [2.45, 2.75) is 39.2 Å². The monoisotopic (exact) mass is 341 g/mol. The number of aromatic nitrogens is 4. The number of hydrogen-bond acceptors (Lipinski definition) is 5. The molecule has 7 heteroatoms. The van der Waals surface area contributed by atoms with Gasteiger partial charge in [-0.2, -0.15) is 0 Å². The van der Waals surface area contributed by atoms with Crippen molar-refractivity contribution in [1.29, 1.82) is 0 Å². The molecule has 4 rings (SSSR count). The average molecular weight is 341 g/mol. The van der Waals surface area contributed by atoms with Crippen molar-refractivity contribution in [2.24, 2.45) is 5.92 Å². The van der Waals surface area contributed by atoms with Gasteiger partial charge in [-0.25, -0.2) is 14.3 Å². The molecule has 0 radical (unpaired) electrons. The van der Waals surface area contributed by atoms with Crippen molar-refractivity contribution in [3.8, 4) is 10.6 Å². The van der Waals surface area contributed by atoms with E-state index in [2.05, 4.69) is 33.5 Å². The lowest BCUT2D eigenvalue weighted by atomic mass is 9.98. The molecule has 1 N–H and O–H groups in total. The Morgan fingerprint density at radius 3 is 2.88 bits per heavy atom. The van der Waals surface area contributed by atoms with Gasteiger partial charge in [-0.1, -0.05) is 0 Å². The van der Waals surface area contributed by atoms with Gasteiger partial charge in [0.25, 0.3) is 5.91 Å². The molecule has 3 aromatic rings. The van der Waals surface area contributed by atoms with E-state index >= 15 is 0 Å². The molecule has 124 valence electrons. The predicted molar refractivity (Wildman–Crippen MR) is 93.1 cm³/mol. The fourth-order valence-electron chi connectivity index (χ4n) is 3.01. The number of rotatable bonds is 4. The van der Waals surface area contributed by atoms with Gasteiger partial charge in [0, 0.05) is 17.4 Å². The van der Waals surface area contributed by atoms with Crippen LogP contribution in [0.15, 0.2) is 24.7 Å². The van der Waals surface area contributed by atoms with E-state index in [1.54, 1.807) is 12.5 Å². The minimum atomic E-state index is -0.211. The molecule has 0 bridgehead atoms. The summed E-state index contributed by atoms with van der Waals surface area (Å²) < 4.78 is 5.98. The third-order valence-corrected chi connectivity index (χ3v) is 5.40. The number of nitrogens with one attached hydrogen (secondary N) is 1. The van der Waals surface area contributed by atoms with Crippen LogP contribution in [0, 0.1) is 12.8 Å². The molecule has 0 atom stereocenters. The molecule has 3 aromatic heterocycles. The summed E-state index contributed by atoms with van der Waals surface area (Å²) >= 11 is 1.39. The van der Waals surface area contributed by atoms with E-state index in [9.17, 15) is 4.79 Å². The molecule has 1 aliphatic carbocycles. The van der Waals surface area contributed by atoms with Crippen LogP contribution in [0.1, 0.15) is 42.9 Å². The van der Waals surface area contributed by atoms with Crippen molar-refractivity contribution in [3.63, 3.8) is 0 Å². The van der Waals surface area contributed by atoms with Crippen LogP contribution in [0.2, 0.25) is 0 Å². The molecular weight excluding hydrogens is 322 g/mol. The highest BCUT2D eigenvalue weighted by molar-refractivity contribution is 7.09. The van der Waals surface area contributed by atoms with Gasteiger partial charge in [0.05, 0.1) is 10.6 Å². The predicted octanol–water partition coefficient (Wildman–Crippen LogP) is 3.08. The summed E-state index contributed by atoms with van der Waals surface area (Å²) in [6.45, 7) is 6.13. The van der Waals surface area contributed by atoms with Gasteiger partial charge in [0.15, 0.2) is 11.3 Å². The zero-order chi connectivity index (χ0) is 16.9. The highest BCUT2D eigenvalue weighted by Crippen LogP contribution is 2.39. The van der Waals surface area contributed by atoms with E-state index in [0.29, 0.717) is 17.3 Å². The number of imidazole rings is 1. The SMILES string of the molecule is Cc1cc(-c2ccns2)nc2c(C(=O)NC(C)(C)C3CC3)ncn12. The maximum absolute atomic E-state index is 12.7. The van der Waals surface area contributed by atoms with Crippen LogP contribution in [0.5, 0.6) is 0 Å². The third-order valence-electron chi connectivity index (χ3n) is 4.63. The largest absolute Gasteiger partial charge is 0.345 e. The molecule has 6 nitrogen and oxygen atoms in total. The average Bonchev–Trinajstić information content (AvgIpc) is 3.09. The van der Waals surface area contributed by atoms with Crippen molar-refractivity contribution in [2.75, 3.05) is 0 Å². The second-order valence-corrected chi connectivity index (χ2v) is 7.73. The number of carbonyl (C=O) groups is 1. The fraction of sp³-hybridized carbons (Fsp3) is 0.412. The summed E-state index contributed by atoms with van der Waals surface area (Å²) in [6.07, 6.45) is 5.75. The summed E-state index contributed by atoms with van der Waals surface area (Å²) in [5.74, 6) is 0.389. The minimum Gasteiger partial charge on any atom is -0.345 e. The first-order valence-corrected chi connectivity index (χ1v) is 8.81. The Morgan fingerprint density at radius 2 is 2.21 bits per heavy atom. The van der Waals surface area contributed by atoms with Gasteiger partial charge in [-0.15, -0.1) is 0 Å². The highest BCUT2D eigenvalue weighted by atomic mass is 32.1. The summed E-state index contributed by atoms with van der Waals surface area (Å²) in [5, 5.41) is 3.12. The standard InChI is InChI=1S/C17H19N5OS/c1-10-8-12(13-6-7-19-24-13)20-15-14(18-9-22(10)15)16(23)21-17(2,3)11-4-5-11/h6-9,11H,4-5H2,1-3H3,(H,21,23). The van der Waals surface area contributed by atoms with Crippen LogP contribution < -0.4 is 5.32 Å². The molecule has 0 aromatic carbocycles. The summed E-state index contributed by atoms with van der Waals surface area (Å²) in [7, 11) is 0. The lowest BCUT2D eigenvalue weighted by molar-refractivity contribution is 0.0900. The van der Waals surface area contributed by atoms with E-state index in [4.69, 9.17) is 0 Å². The first-order valence-electron chi connectivity index (χ1n) is 8.04. The van der Waals surface area contributed by atoms with Crippen molar-refractivity contribution >= 4 is 23.1 Å². The number of hydrogen-bond donors (Lipinski definition) is 1. The Hall–Kier alpha value is -2.28. The van der Waals surface area contributed by atoms with Gasteiger partial charge in [-0.3, -0.25) is 9.20 Å². The molecule has 0 spiro atoms. The van der Waals surface area contributed by atoms with Gasteiger partial charge in [0.2, 0.25) is 0 Å². The first-order chi connectivity index (χ1) is 11.5. The second kappa shape index (κ2) is 5.37. The molecule has 24 heavy (non-hydrogen) atoms. The lowest BCUT2D eigenvalue weighted by Crippen LogP contribution is -2.45. The van der Waals surface area contributed by atoms with E-state index in [0.717, 1.165) is 16.3 Å². The minimum absolute atomic E-state index is 0.164. The van der Waals surface area contributed by atoms with E-state index in [1.807, 2.05) is 23.5 Å². The topological polar surface area (TPSA) is 72.2 Å². The van der Waals surface area contributed by atoms with E-state index in [1.165, 1.54) is 24.4 Å². The first kappa shape index (κ1) is 15.3. The van der Waals surface area contributed by atoms with Crippen LogP contribution in [0.25, 0.3) is 16.2 Å². The molecule has 1 saturated carbocycles. The molecule has 0 saturated heterocycles. The number of carbonyl (C=O) groups excluding carboxylic acids is 1. The molecule has 1 aliphatic rings. The maximum Gasteiger partial charge on any atom is 0.274 e. The number of fused-ring (bicyclic) bond motifs is 1. The Labute approximate surface area is 144 Å². The van der Waals surface area contributed by atoms with Crippen molar-refractivity contribution in [1.82, 2.24) is 24.1 Å². The summed E-state index contributed by atoms with van der Waals surface area (Å²) in [5.41, 5.74) is 2.55. The van der Waals surface area contributed by atoms with Crippen LogP contribution in [0.4, 0.5) is 0 Å². The molecule has 1 amide bonds. The molecular formula is C17H19N5OS. The third kappa shape index (κ3) is 2.58. The van der Waals surface area contributed by atoms with E-state index < -0.39 is 0 Å². The molecule has 0 aliphatic heterocycles. The number of amides is 1. The highest BCUT2D eigenvalue weighted by Gasteiger charge is 2.39. The van der Waals surface area contributed by atoms with Crippen LogP contribution >= 0.6 is 11.5 Å². The maximum atomic E-state index is 12.7. The second-order valence-electron chi connectivity index (χ2n) is 6.90. The van der Waals surface area contributed by atoms with E-state index in [-0.39, 0.29) is 11.4 Å². The Bertz CT molecular complexity index is 909. The Kier molecular flexibility index (Phi) is 3.42. The quantitative estimate of drug-likeness (QED) is 0.791. The summed E-state index contributed by atoms with van der Waals surface area (Å²) in [6, 6.07) is 3.91. The zero-order valence-corrected chi connectivity index (χ0v) is 14.7. The molecule has 1 fully saturated rings. The Morgan fingerprint density at radius 1 is 1.42 bits per heavy atom. The normalized spacial score (nSPS) is 15.0. The number of aryl methyl sites for hydroxylation is 1. The summed E-state index contributed by atoms with van der Waals surface area (Å²) in [4.78, 5) is 22.7. The van der Waals surface area contributed by atoms with Crippen LogP contribution in [-0.4, -0.2) is 30.2 Å². The van der Waals surface area contributed by atoms with Gasteiger partial charge < -0.3 is 5.32 Å². The zero-order valence-electron chi connectivity index (χ0n) is 13.9. The Balaban J connectivity index is 1.74. The van der Waals surface area contributed by atoms with Crippen LogP contribution in [-0.2, 0) is 0 Å². The van der Waals surface area contributed by atoms with Gasteiger partial charge in [-0.05, 0) is 63.2 Å². The molecule has 0 unspecified atom stereocenters. The van der Waals surface area contributed by atoms with Crippen molar-refractivity contribution in [3.05, 3.63) is 36.0 Å². The van der Waals surface area contributed by atoms with Gasteiger partial charge in [0.1, 0.15) is 6.33 Å². The lowest BCUT2D eigenvalue weighted by Gasteiger charge is -2.25. The molecule has 3 heterocycles. The fourth-order valence-corrected chi connectivity index (χ4v) is 3.57. The number of nitrogens with zero attached hydrogens (tertiary/aromatic N) is 4. The van der Waals surface area contributed by atoms with Crippen molar-refractivity contribution < 1.29 is 4.79 Å². The smallest absolute Gasteiger partial charge is 0.274 e. The van der Waals surface area contributed by atoms with Crippen LogP contribution in [0.3, 0.4) is 0 Å².